The van der Waals surface area contributed by atoms with Crippen LogP contribution >= 0.6 is 35.0 Å². The lowest BCUT2D eigenvalue weighted by atomic mass is 10.1. The molecule has 1 atom stereocenters. The van der Waals surface area contributed by atoms with Crippen molar-refractivity contribution in [3.8, 4) is 11.4 Å². The highest BCUT2D eigenvalue weighted by molar-refractivity contribution is 7.99. The van der Waals surface area contributed by atoms with Gasteiger partial charge in [-0.1, -0.05) is 53.2 Å². The van der Waals surface area contributed by atoms with E-state index in [9.17, 15) is 5.11 Å². The van der Waals surface area contributed by atoms with Gasteiger partial charge in [-0.05, 0) is 24.3 Å². The number of hydrogen-bond acceptors (Lipinski definition) is 5. The van der Waals surface area contributed by atoms with Gasteiger partial charge in [0.25, 0.3) is 0 Å². The van der Waals surface area contributed by atoms with Crippen molar-refractivity contribution in [3.63, 3.8) is 0 Å². The minimum Gasteiger partial charge on any atom is -0.387 e. The van der Waals surface area contributed by atoms with Gasteiger partial charge in [-0.3, -0.25) is 0 Å². The van der Waals surface area contributed by atoms with Gasteiger partial charge in [0.05, 0.1) is 6.10 Å². The van der Waals surface area contributed by atoms with E-state index >= 15 is 0 Å². The normalized spacial score (nSPS) is 13.7. The van der Waals surface area contributed by atoms with Crippen molar-refractivity contribution in [2.45, 2.75) is 17.9 Å². The molecule has 0 saturated heterocycles. The third-order valence-corrected chi connectivity index (χ3v) is 5.41. The first-order valence-corrected chi connectivity index (χ1v) is 9.40. The summed E-state index contributed by atoms with van der Waals surface area (Å²) in [6.07, 6.45) is -0.722. The number of anilines is 1. The summed E-state index contributed by atoms with van der Waals surface area (Å²) in [6, 6.07) is 13.1. The van der Waals surface area contributed by atoms with E-state index in [-0.39, 0.29) is 0 Å². The van der Waals surface area contributed by atoms with E-state index < -0.39 is 6.10 Å². The van der Waals surface area contributed by atoms with Gasteiger partial charge < -0.3 is 10.4 Å². The Labute approximate surface area is 159 Å². The van der Waals surface area contributed by atoms with Crippen molar-refractivity contribution in [1.82, 2.24) is 14.8 Å². The van der Waals surface area contributed by atoms with E-state index in [2.05, 4.69) is 15.4 Å². The number of rotatable bonds is 4. The molecule has 8 heteroatoms. The maximum Gasteiger partial charge on any atom is 0.209 e. The van der Waals surface area contributed by atoms with Crippen LogP contribution < -0.4 is 5.32 Å². The smallest absolute Gasteiger partial charge is 0.209 e. The molecule has 128 valence electrons. The summed E-state index contributed by atoms with van der Waals surface area (Å²) in [7, 11) is 0. The van der Waals surface area contributed by atoms with Crippen LogP contribution in [0.1, 0.15) is 11.7 Å². The average molecular weight is 393 g/mol. The molecule has 2 aromatic carbocycles. The fourth-order valence-corrected chi connectivity index (χ4v) is 4.03. The van der Waals surface area contributed by atoms with Crippen LogP contribution in [0.5, 0.6) is 0 Å². The van der Waals surface area contributed by atoms with Crippen molar-refractivity contribution in [1.29, 1.82) is 0 Å². The first-order chi connectivity index (χ1) is 12.1. The van der Waals surface area contributed by atoms with E-state index in [1.807, 2.05) is 28.9 Å². The predicted octanol–water partition coefficient (Wildman–Crippen LogP) is 4.46. The van der Waals surface area contributed by atoms with Gasteiger partial charge in [0.1, 0.15) is 6.67 Å². The van der Waals surface area contributed by atoms with Gasteiger partial charge in [-0.2, -0.15) is 0 Å². The van der Waals surface area contributed by atoms with Crippen LogP contribution in [0, 0.1) is 0 Å². The Bertz CT molecular complexity index is 931. The monoisotopic (exact) mass is 392 g/mol. The largest absolute Gasteiger partial charge is 0.387 e. The van der Waals surface area contributed by atoms with Crippen LogP contribution in [0.25, 0.3) is 11.4 Å². The molecule has 0 radical (unpaired) electrons. The minimum absolute atomic E-state index is 0.403. The Kier molecular flexibility index (Phi) is 4.60. The molecular formula is C17H14Cl2N4OS. The summed E-state index contributed by atoms with van der Waals surface area (Å²) >= 11 is 13.4. The molecule has 1 aliphatic rings. The number of para-hydroxylation sites is 1. The Morgan fingerprint density at radius 1 is 1.24 bits per heavy atom. The van der Waals surface area contributed by atoms with Crippen molar-refractivity contribution in [2.75, 3.05) is 11.1 Å². The second kappa shape index (κ2) is 6.88. The van der Waals surface area contributed by atoms with Gasteiger partial charge in [0.15, 0.2) is 5.82 Å². The Morgan fingerprint density at radius 3 is 2.92 bits per heavy atom. The van der Waals surface area contributed by atoms with Crippen LogP contribution in [0.2, 0.25) is 10.0 Å². The quantitative estimate of drug-likeness (QED) is 0.641. The van der Waals surface area contributed by atoms with Crippen LogP contribution in [-0.2, 0) is 6.67 Å². The molecule has 1 aliphatic heterocycles. The van der Waals surface area contributed by atoms with Crippen LogP contribution in [0.4, 0.5) is 5.69 Å². The molecule has 1 unspecified atom stereocenters. The van der Waals surface area contributed by atoms with E-state index in [1.54, 1.807) is 18.2 Å². The summed E-state index contributed by atoms with van der Waals surface area (Å²) < 4.78 is 1.83. The molecule has 0 amide bonds. The second-order valence-corrected chi connectivity index (χ2v) is 7.42. The first kappa shape index (κ1) is 16.7. The average Bonchev–Trinajstić information content (AvgIpc) is 3.03. The van der Waals surface area contributed by atoms with Crippen molar-refractivity contribution < 1.29 is 5.11 Å². The van der Waals surface area contributed by atoms with Crippen LogP contribution in [-0.4, -0.2) is 25.6 Å². The highest BCUT2D eigenvalue weighted by Gasteiger charge is 2.20. The maximum absolute atomic E-state index is 10.4. The molecule has 0 saturated carbocycles. The Balaban J connectivity index is 1.51. The molecule has 2 heterocycles. The zero-order valence-electron chi connectivity index (χ0n) is 13.0. The van der Waals surface area contributed by atoms with Crippen LogP contribution in [0.15, 0.2) is 47.6 Å². The fraction of sp³-hybridized carbons (Fsp3) is 0.176. The number of aliphatic hydroxyl groups excluding tert-OH is 1. The van der Waals surface area contributed by atoms with E-state index in [4.69, 9.17) is 23.2 Å². The van der Waals surface area contributed by atoms with E-state index in [0.717, 1.165) is 17.1 Å². The molecule has 0 bridgehead atoms. The number of hydrogen-bond donors (Lipinski definition) is 2. The number of benzene rings is 2. The maximum atomic E-state index is 10.4. The lowest BCUT2D eigenvalue weighted by molar-refractivity contribution is 0.204. The van der Waals surface area contributed by atoms with Gasteiger partial charge in [0.2, 0.25) is 5.16 Å². The Hall–Kier alpha value is -1.73. The first-order valence-electron chi connectivity index (χ1n) is 7.66. The molecule has 1 aromatic heterocycles. The van der Waals surface area contributed by atoms with Gasteiger partial charge in [-0.15, -0.1) is 5.10 Å². The zero-order chi connectivity index (χ0) is 17.4. The number of aromatic nitrogens is 3. The molecule has 5 nitrogen and oxygen atoms in total. The molecule has 4 rings (SSSR count). The number of aliphatic hydroxyl groups is 1. The van der Waals surface area contributed by atoms with Gasteiger partial charge in [-0.25, -0.2) is 9.67 Å². The number of fused-ring (bicyclic) bond motifs is 3. The third kappa shape index (κ3) is 3.35. The topological polar surface area (TPSA) is 63.0 Å². The molecule has 0 spiro atoms. The molecular weight excluding hydrogens is 379 g/mol. The summed E-state index contributed by atoms with van der Waals surface area (Å²) in [5.74, 6) is 1.23. The van der Waals surface area contributed by atoms with Gasteiger partial charge >= 0.3 is 0 Å². The lowest BCUT2D eigenvalue weighted by Gasteiger charge is -2.17. The van der Waals surface area contributed by atoms with Crippen LogP contribution in [0.3, 0.4) is 0 Å². The number of nitrogens with zero attached hydrogens (tertiary/aromatic N) is 3. The number of thioether (sulfide) groups is 1. The lowest BCUT2D eigenvalue weighted by Crippen LogP contribution is -2.16. The zero-order valence-corrected chi connectivity index (χ0v) is 15.3. The summed E-state index contributed by atoms with van der Waals surface area (Å²) in [5, 5.41) is 19.8. The highest BCUT2D eigenvalue weighted by atomic mass is 35.5. The minimum atomic E-state index is -0.722. The predicted molar refractivity (Wildman–Crippen MR) is 101 cm³/mol. The van der Waals surface area contributed by atoms with Crippen molar-refractivity contribution >= 4 is 40.7 Å². The molecule has 0 aliphatic carbocycles. The second-order valence-electron chi connectivity index (χ2n) is 5.59. The van der Waals surface area contributed by atoms with Crippen molar-refractivity contribution in [2.24, 2.45) is 0 Å². The molecule has 25 heavy (non-hydrogen) atoms. The number of nitrogens with one attached hydrogen (secondary N) is 1. The summed E-state index contributed by atoms with van der Waals surface area (Å²) in [6.45, 7) is 0.575. The fourth-order valence-electron chi connectivity index (χ4n) is 2.70. The van der Waals surface area contributed by atoms with Gasteiger partial charge in [0, 0.05) is 32.6 Å². The summed E-state index contributed by atoms with van der Waals surface area (Å²) in [4.78, 5) is 4.60. The Morgan fingerprint density at radius 2 is 2.08 bits per heavy atom. The number of halogens is 2. The SMILES string of the molecule is OC(CSc1nc2n(n1)CNc1ccccc1-2)c1ccc(Cl)cc1Cl. The van der Waals surface area contributed by atoms with Crippen molar-refractivity contribution in [3.05, 3.63) is 58.1 Å². The molecule has 2 N–H and O–H groups in total. The third-order valence-electron chi connectivity index (χ3n) is 3.93. The highest BCUT2D eigenvalue weighted by Crippen LogP contribution is 2.33. The standard InChI is InChI=1S/C17H14Cl2N4OS/c18-10-5-6-11(13(19)7-10)15(24)8-25-17-21-16-12-3-1-2-4-14(12)20-9-23(16)22-17/h1-7,15,20,24H,8-9H2. The molecule has 0 fully saturated rings. The molecule has 3 aromatic rings. The van der Waals surface area contributed by atoms with E-state index in [0.29, 0.717) is 33.2 Å². The van der Waals surface area contributed by atoms with E-state index in [1.165, 1.54) is 11.8 Å². The summed E-state index contributed by atoms with van der Waals surface area (Å²) in [5.41, 5.74) is 2.72.